The van der Waals surface area contributed by atoms with Crippen LogP contribution in [0.25, 0.3) is 0 Å². The van der Waals surface area contributed by atoms with Crippen LogP contribution in [0, 0.1) is 13.8 Å². The molecule has 9 nitrogen and oxygen atoms in total. The van der Waals surface area contributed by atoms with Crippen molar-refractivity contribution >= 4 is 35.1 Å². The van der Waals surface area contributed by atoms with Crippen LogP contribution in [0.15, 0.2) is 24.3 Å². The molecule has 32 heavy (non-hydrogen) atoms. The zero-order valence-corrected chi connectivity index (χ0v) is 18.6. The van der Waals surface area contributed by atoms with Crippen LogP contribution in [0.4, 0.5) is 11.4 Å². The second kappa shape index (κ2) is 9.67. The molecular weight excluding hydrogens is 414 g/mol. The highest BCUT2D eigenvalue weighted by molar-refractivity contribution is 6.00. The minimum absolute atomic E-state index is 0.0515. The number of carbonyl (C=O) groups excluding carboxylic acids is 4. The maximum absolute atomic E-state index is 12.5. The van der Waals surface area contributed by atoms with Gasteiger partial charge in [0.2, 0.25) is 5.91 Å². The topological polar surface area (TPSA) is 118 Å². The van der Waals surface area contributed by atoms with Crippen molar-refractivity contribution in [2.24, 2.45) is 0 Å². The van der Waals surface area contributed by atoms with Crippen molar-refractivity contribution in [2.75, 3.05) is 23.4 Å². The van der Waals surface area contributed by atoms with Gasteiger partial charge in [-0.05, 0) is 57.9 Å². The Labute approximate surface area is 186 Å². The summed E-state index contributed by atoms with van der Waals surface area (Å²) in [5, 5.41) is 2.66. The Hall–Kier alpha value is -3.62. The number of carbonyl (C=O) groups is 4. The number of nitrogens with one attached hydrogen (secondary N) is 2. The molecule has 0 saturated carbocycles. The second-order valence-corrected chi connectivity index (χ2v) is 7.90. The van der Waals surface area contributed by atoms with Gasteiger partial charge in [0.1, 0.15) is 5.69 Å². The molecule has 1 saturated heterocycles. The van der Waals surface area contributed by atoms with Gasteiger partial charge in [-0.3, -0.25) is 9.59 Å². The lowest BCUT2D eigenvalue weighted by atomic mass is 10.1. The molecule has 2 N–H and O–H groups in total. The fourth-order valence-electron chi connectivity index (χ4n) is 3.61. The molecule has 0 bridgehead atoms. The zero-order valence-electron chi connectivity index (χ0n) is 18.6. The summed E-state index contributed by atoms with van der Waals surface area (Å²) in [7, 11) is 0. The number of H-pyrrole nitrogens is 1. The third-order valence-corrected chi connectivity index (χ3v) is 5.04. The van der Waals surface area contributed by atoms with Crippen LogP contribution in [-0.2, 0) is 19.1 Å². The standard InChI is InChI=1S/C23H27N3O6/c1-13(2)32-22(29)20-14(3)21(24-15(20)4)23(30)31-12-18(27)25-16-7-5-8-17(11-16)26-10-6-9-19(26)28/h5,7-8,11,13,24H,6,9-10,12H2,1-4H3,(H,25,27). The van der Waals surface area contributed by atoms with E-state index in [2.05, 4.69) is 10.3 Å². The minimum Gasteiger partial charge on any atom is -0.459 e. The maximum Gasteiger partial charge on any atom is 0.355 e. The van der Waals surface area contributed by atoms with Gasteiger partial charge >= 0.3 is 11.9 Å². The highest BCUT2D eigenvalue weighted by Crippen LogP contribution is 2.24. The lowest BCUT2D eigenvalue weighted by Gasteiger charge is -2.16. The van der Waals surface area contributed by atoms with Crippen molar-refractivity contribution < 1.29 is 28.7 Å². The maximum atomic E-state index is 12.5. The number of aryl methyl sites for hydroxylation is 1. The Kier molecular flexibility index (Phi) is 6.97. The normalized spacial score (nSPS) is 13.4. The van der Waals surface area contributed by atoms with E-state index in [-0.39, 0.29) is 23.3 Å². The molecule has 170 valence electrons. The van der Waals surface area contributed by atoms with Gasteiger partial charge < -0.3 is 24.7 Å². The Morgan fingerprint density at radius 1 is 1.19 bits per heavy atom. The Bertz CT molecular complexity index is 1060. The molecule has 0 spiro atoms. The molecule has 1 fully saturated rings. The van der Waals surface area contributed by atoms with Crippen molar-refractivity contribution in [3.05, 3.63) is 46.8 Å². The largest absolute Gasteiger partial charge is 0.459 e. The van der Waals surface area contributed by atoms with Gasteiger partial charge in [0.15, 0.2) is 6.61 Å². The highest BCUT2D eigenvalue weighted by Gasteiger charge is 2.25. The highest BCUT2D eigenvalue weighted by atomic mass is 16.5. The molecule has 2 aromatic rings. The minimum atomic E-state index is -0.749. The number of hydrogen-bond acceptors (Lipinski definition) is 6. The SMILES string of the molecule is Cc1[nH]c(C(=O)OCC(=O)Nc2cccc(N3CCCC3=O)c2)c(C)c1C(=O)OC(C)C. The third-order valence-electron chi connectivity index (χ3n) is 5.04. The Morgan fingerprint density at radius 2 is 1.94 bits per heavy atom. The molecule has 1 aliphatic rings. The van der Waals surface area contributed by atoms with E-state index >= 15 is 0 Å². The lowest BCUT2D eigenvalue weighted by molar-refractivity contribution is -0.119. The van der Waals surface area contributed by atoms with Crippen molar-refractivity contribution in [1.29, 1.82) is 0 Å². The average Bonchev–Trinajstić information content (AvgIpc) is 3.28. The fourth-order valence-corrected chi connectivity index (χ4v) is 3.61. The van der Waals surface area contributed by atoms with Gasteiger partial charge in [-0.1, -0.05) is 6.07 Å². The number of rotatable bonds is 7. The quantitative estimate of drug-likeness (QED) is 0.638. The van der Waals surface area contributed by atoms with E-state index in [9.17, 15) is 19.2 Å². The number of aromatic nitrogens is 1. The van der Waals surface area contributed by atoms with Crippen LogP contribution in [0.2, 0.25) is 0 Å². The molecular formula is C23H27N3O6. The van der Waals surface area contributed by atoms with E-state index in [1.165, 1.54) is 0 Å². The molecule has 2 heterocycles. The lowest BCUT2D eigenvalue weighted by Crippen LogP contribution is -2.24. The molecule has 0 aliphatic carbocycles. The van der Waals surface area contributed by atoms with E-state index in [1.807, 2.05) is 0 Å². The average molecular weight is 441 g/mol. The van der Waals surface area contributed by atoms with Crippen molar-refractivity contribution in [3.8, 4) is 0 Å². The first-order chi connectivity index (χ1) is 15.2. The summed E-state index contributed by atoms with van der Waals surface area (Å²) >= 11 is 0. The molecule has 0 unspecified atom stereocenters. The number of anilines is 2. The molecule has 1 aromatic carbocycles. The third kappa shape index (κ3) is 5.16. The monoisotopic (exact) mass is 441 g/mol. The van der Waals surface area contributed by atoms with Gasteiger partial charge in [0.05, 0.1) is 11.7 Å². The van der Waals surface area contributed by atoms with E-state index in [1.54, 1.807) is 56.9 Å². The van der Waals surface area contributed by atoms with Gasteiger partial charge in [-0.2, -0.15) is 0 Å². The second-order valence-electron chi connectivity index (χ2n) is 7.90. The number of benzene rings is 1. The predicted octanol–water partition coefficient (Wildman–Crippen LogP) is 3.12. The van der Waals surface area contributed by atoms with Gasteiger partial charge in [0, 0.05) is 30.0 Å². The van der Waals surface area contributed by atoms with Crippen LogP contribution < -0.4 is 10.2 Å². The molecule has 9 heteroatoms. The molecule has 1 aromatic heterocycles. The molecule has 0 radical (unpaired) electrons. The van der Waals surface area contributed by atoms with Crippen LogP contribution in [-0.4, -0.2) is 48.0 Å². The molecule has 3 rings (SSSR count). The summed E-state index contributed by atoms with van der Waals surface area (Å²) in [4.78, 5) is 53.4. The smallest absolute Gasteiger partial charge is 0.355 e. The molecule has 1 aliphatic heterocycles. The predicted molar refractivity (Wildman–Crippen MR) is 118 cm³/mol. The van der Waals surface area contributed by atoms with Crippen molar-refractivity contribution in [1.82, 2.24) is 4.98 Å². The number of amides is 2. The van der Waals surface area contributed by atoms with Crippen LogP contribution in [0.5, 0.6) is 0 Å². The van der Waals surface area contributed by atoms with E-state index < -0.39 is 24.5 Å². The summed E-state index contributed by atoms with van der Waals surface area (Å²) in [6.45, 7) is 6.89. The van der Waals surface area contributed by atoms with Gasteiger partial charge in [-0.25, -0.2) is 9.59 Å². The fraction of sp³-hybridized carbons (Fsp3) is 0.391. The van der Waals surface area contributed by atoms with E-state index in [4.69, 9.17) is 9.47 Å². The summed E-state index contributed by atoms with van der Waals surface area (Å²) in [6, 6.07) is 6.94. The summed E-state index contributed by atoms with van der Waals surface area (Å²) in [5.41, 5.74) is 2.47. The van der Waals surface area contributed by atoms with Crippen LogP contribution in [0.3, 0.4) is 0 Å². The van der Waals surface area contributed by atoms with Crippen LogP contribution >= 0.6 is 0 Å². The first-order valence-electron chi connectivity index (χ1n) is 10.4. The van der Waals surface area contributed by atoms with E-state index in [0.717, 1.165) is 6.42 Å². The number of hydrogen-bond donors (Lipinski definition) is 2. The number of aromatic amines is 1. The first kappa shape index (κ1) is 23.1. The van der Waals surface area contributed by atoms with Crippen molar-refractivity contribution in [3.63, 3.8) is 0 Å². The van der Waals surface area contributed by atoms with Gasteiger partial charge in [0.25, 0.3) is 5.91 Å². The number of nitrogens with zero attached hydrogens (tertiary/aromatic N) is 1. The molecule has 0 atom stereocenters. The summed E-state index contributed by atoms with van der Waals surface area (Å²) < 4.78 is 10.3. The first-order valence-corrected chi connectivity index (χ1v) is 10.4. The Balaban J connectivity index is 1.60. The summed E-state index contributed by atoms with van der Waals surface area (Å²) in [5.74, 6) is -1.75. The number of ether oxygens (including phenoxy) is 2. The van der Waals surface area contributed by atoms with E-state index in [0.29, 0.717) is 35.6 Å². The van der Waals surface area contributed by atoms with Gasteiger partial charge in [-0.15, -0.1) is 0 Å². The number of esters is 2. The van der Waals surface area contributed by atoms with Crippen molar-refractivity contribution in [2.45, 2.75) is 46.6 Å². The summed E-state index contributed by atoms with van der Waals surface area (Å²) in [6.07, 6.45) is 1.03. The van der Waals surface area contributed by atoms with Crippen LogP contribution in [0.1, 0.15) is 58.8 Å². The zero-order chi connectivity index (χ0) is 23.4. The Morgan fingerprint density at radius 3 is 2.59 bits per heavy atom. The molecule has 2 amide bonds.